The lowest BCUT2D eigenvalue weighted by Gasteiger charge is -2.22. The summed E-state index contributed by atoms with van der Waals surface area (Å²) in [5, 5.41) is 2.56. The van der Waals surface area contributed by atoms with E-state index < -0.39 is 0 Å². The number of benzene rings is 2. The van der Waals surface area contributed by atoms with E-state index in [1.165, 1.54) is 44.5 Å². The van der Waals surface area contributed by atoms with Gasteiger partial charge in [0.05, 0.1) is 11.1 Å². The van der Waals surface area contributed by atoms with Gasteiger partial charge in [0.15, 0.2) is 6.20 Å². The average Bonchev–Trinajstić information content (AvgIpc) is 3.08. The van der Waals surface area contributed by atoms with Crippen molar-refractivity contribution in [2.45, 2.75) is 46.5 Å². The topological polar surface area (TPSA) is 8.81 Å². The van der Waals surface area contributed by atoms with Crippen LogP contribution in [0.5, 0.6) is 0 Å². The molecule has 0 saturated heterocycles. The fourth-order valence-corrected chi connectivity index (χ4v) is 4.42. The first-order chi connectivity index (χ1) is 13.9. The van der Waals surface area contributed by atoms with E-state index in [4.69, 9.17) is 0 Å². The molecule has 0 N–H and O–H groups in total. The highest BCUT2D eigenvalue weighted by molar-refractivity contribution is 5.93. The van der Waals surface area contributed by atoms with Gasteiger partial charge in [0, 0.05) is 12.3 Å². The second-order valence-corrected chi connectivity index (χ2v) is 8.67. The van der Waals surface area contributed by atoms with Crippen LogP contribution in [0.1, 0.15) is 56.2 Å². The van der Waals surface area contributed by atoms with Gasteiger partial charge in [0.1, 0.15) is 12.7 Å². The molecule has 4 rings (SSSR count). The van der Waals surface area contributed by atoms with Crippen molar-refractivity contribution in [3.05, 3.63) is 83.7 Å². The van der Waals surface area contributed by atoms with E-state index in [0.717, 1.165) is 0 Å². The van der Waals surface area contributed by atoms with E-state index in [2.05, 4.69) is 118 Å². The maximum atomic E-state index is 2.43. The van der Waals surface area contributed by atoms with Crippen LogP contribution in [0.15, 0.2) is 67.0 Å². The van der Waals surface area contributed by atoms with E-state index in [1.807, 2.05) is 0 Å². The van der Waals surface area contributed by atoms with Gasteiger partial charge in [-0.2, -0.15) is 4.57 Å². The zero-order valence-electron chi connectivity index (χ0n) is 18.4. The molecule has 0 radical (unpaired) electrons. The molecule has 2 heteroatoms. The fraction of sp³-hybridized carbons (Fsp3) is 0.296. The quantitative estimate of drug-likeness (QED) is 0.348. The summed E-state index contributed by atoms with van der Waals surface area (Å²) in [5.74, 6) is 0.918. The second-order valence-electron chi connectivity index (χ2n) is 8.67. The summed E-state index contributed by atoms with van der Waals surface area (Å²) >= 11 is 0. The zero-order chi connectivity index (χ0) is 20.7. The summed E-state index contributed by atoms with van der Waals surface area (Å²) in [7, 11) is 2.15. The molecule has 0 bridgehead atoms. The predicted octanol–water partition coefficient (Wildman–Crippen LogP) is 6.68. The number of rotatable bonds is 4. The fourth-order valence-electron chi connectivity index (χ4n) is 4.42. The van der Waals surface area contributed by atoms with Gasteiger partial charge in [0.25, 0.3) is 0 Å². The summed E-state index contributed by atoms with van der Waals surface area (Å²) in [6.45, 7) is 11.4. The Morgan fingerprint density at radius 1 is 0.793 bits per heavy atom. The minimum absolute atomic E-state index is 0.459. The smallest absolute Gasteiger partial charge is 0.237 e. The van der Waals surface area contributed by atoms with Gasteiger partial charge < -0.3 is 4.57 Å². The normalized spacial score (nSPS) is 11.7. The Labute approximate surface area is 174 Å². The molecule has 2 heterocycles. The Hall–Kier alpha value is -2.87. The maximum Gasteiger partial charge on any atom is 0.237 e. The molecule has 0 atom stereocenters. The van der Waals surface area contributed by atoms with E-state index >= 15 is 0 Å². The first kappa shape index (κ1) is 19.4. The van der Waals surface area contributed by atoms with Gasteiger partial charge in [-0.15, -0.1) is 0 Å². The molecule has 2 nitrogen and oxygen atoms in total. The molecule has 0 amide bonds. The van der Waals surface area contributed by atoms with Crippen LogP contribution in [0.4, 0.5) is 0 Å². The van der Waals surface area contributed by atoms with Crippen molar-refractivity contribution in [1.82, 2.24) is 4.57 Å². The molecular weight excluding hydrogens is 352 g/mol. The van der Waals surface area contributed by atoms with Crippen LogP contribution in [0.25, 0.3) is 27.8 Å². The number of pyridine rings is 1. The summed E-state index contributed by atoms with van der Waals surface area (Å²) < 4.78 is 4.69. The van der Waals surface area contributed by atoms with Crippen molar-refractivity contribution in [1.29, 1.82) is 0 Å². The van der Waals surface area contributed by atoms with Crippen LogP contribution in [0.2, 0.25) is 0 Å². The number of fused-ring (bicyclic) bond motifs is 1. The predicted molar refractivity (Wildman–Crippen MR) is 123 cm³/mol. The average molecular weight is 384 g/mol. The van der Waals surface area contributed by atoms with E-state index in [9.17, 15) is 0 Å². The maximum absolute atomic E-state index is 2.43. The lowest BCUT2D eigenvalue weighted by Crippen LogP contribution is -2.31. The molecule has 0 aliphatic heterocycles. The van der Waals surface area contributed by atoms with Crippen molar-refractivity contribution >= 4 is 10.8 Å². The van der Waals surface area contributed by atoms with Gasteiger partial charge in [-0.3, -0.25) is 0 Å². The second kappa shape index (κ2) is 7.51. The van der Waals surface area contributed by atoms with Crippen molar-refractivity contribution in [2.75, 3.05) is 0 Å². The molecule has 0 saturated carbocycles. The Bertz CT molecular complexity index is 1150. The molecule has 0 unspecified atom stereocenters. The Balaban J connectivity index is 2.11. The minimum Gasteiger partial charge on any atom is -0.311 e. The highest BCUT2D eigenvalue weighted by Crippen LogP contribution is 2.36. The first-order valence-corrected chi connectivity index (χ1v) is 10.6. The highest BCUT2D eigenvalue weighted by Gasteiger charge is 2.24. The Morgan fingerprint density at radius 2 is 1.45 bits per heavy atom. The summed E-state index contributed by atoms with van der Waals surface area (Å²) in [6.07, 6.45) is 4.42. The third-order valence-electron chi connectivity index (χ3n) is 5.94. The third kappa shape index (κ3) is 3.27. The van der Waals surface area contributed by atoms with Crippen molar-refractivity contribution in [2.24, 2.45) is 7.05 Å². The number of hydrogen-bond acceptors (Lipinski definition) is 0. The van der Waals surface area contributed by atoms with Gasteiger partial charge in [-0.25, -0.2) is 0 Å². The van der Waals surface area contributed by atoms with E-state index in [1.54, 1.807) is 0 Å². The van der Waals surface area contributed by atoms with E-state index in [0.29, 0.717) is 11.8 Å². The van der Waals surface area contributed by atoms with Crippen molar-refractivity contribution in [3.63, 3.8) is 0 Å². The van der Waals surface area contributed by atoms with Crippen molar-refractivity contribution < 1.29 is 4.57 Å². The standard InChI is InChI=1S/C27H31N2/c1-18(2)22-12-9-13-23(19(3)4)26(22)29-17-14-20(5)25(29)27-24-11-8-7-10-21(24)15-16-28(27)6/h7-19H,1-6H3/q+1. The number of aryl methyl sites for hydroxylation is 2. The van der Waals surface area contributed by atoms with Gasteiger partial charge in [-0.05, 0) is 53.0 Å². The van der Waals surface area contributed by atoms with Gasteiger partial charge in [0.2, 0.25) is 5.69 Å². The molecule has 0 spiro atoms. The molecule has 4 aromatic rings. The van der Waals surface area contributed by atoms with Crippen LogP contribution < -0.4 is 4.57 Å². The van der Waals surface area contributed by atoms with Crippen LogP contribution >= 0.6 is 0 Å². The Kier molecular flexibility index (Phi) is 5.04. The lowest BCUT2D eigenvalue weighted by molar-refractivity contribution is -0.659. The molecule has 2 aromatic carbocycles. The molecule has 2 aromatic heterocycles. The summed E-state index contributed by atoms with van der Waals surface area (Å²) in [5.41, 5.74) is 7.98. The molecule has 148 valence electrons. The van der Waals surface area contributed by atoms with Crippen LogP contribution in [0.3, 0.4) is 0 Å². The van der Waals surface area contributed by atoms with Gasteiger partial charge >= 0.3 is 0 Å². The monoisotopic (exact) mass is 383 g/mol. The SMILES string of the molecule is Cc1ccn(-c2c(C(C)C)cccc2C(C)C)c1-c1c2ccccc2cc[n+]1C. The number of nitrogens with zero attached hydrogens (tertiary/aromatic N) is 2. The Morgan fingerprint density at radius 3 is 2.10 bits per heavy atom. The lowest BCUT2D eigenvalue weighted by atomic mass is 9.92. The number of para-hydroxylation sites is 1. The molecule has 0 aliphatic carbocycles. The molecule has 0 fully saturated rings. The van der Waals surface area contributed by atoms with Crippen molar-refractivity contribution in [3.8, 4) is 17.1 Å². The zero-order valence-corrected chi connectivity index (χ0v) is 18.4. The molecular formula is C27H31N2+. The number of aromatic nitrogens is 2. The molecule has 0 aliphatic rings. The summed E-state index contributed by atoms with van der Waals surface area (Å²) in [6, 6.07) is 19.9. The summed E-state index contributed by atoms with van der Waals surface area (Å²) in [4.78, 5) is 0. The molecule has 29 heavy (non-hydrogen) atoms. The largest absolute Gasteiger partial charge is 0.311 e. The highest BCUT2D eigenvalue weighted by atomic mass is 15.0. The van der Waals surface area contributed by atoms with Crippen LogP contribution in [0, 0.1) is 6.92 Å². The van der Waals surface area contributed by atoms with Crippen LogP contribution in [-0.4, -0.2) is 4.57 Å². The van der Waals surface area contributed by atoms with Crippen LogP contribution in [-0.2, 0) is 7.05 Å². The number of hydrogen-bond donors (Lipinski definition) is 0. The minimum atomic E-state index is 0.459. The first-order valence-electron chi connectivity index (χ1n) is 10.6. The van der Waals surface area contributed by atoms with Gasteiger partial charge in [-0.1, -0.05) is 64.1 Å². The van der Waals surface area contributed by atoms with E-state index in [-0.39, 0.29) is 0 Å². The third-order valence-corrected chi connectivity index (χ3v) is 5.94.